The van der Waals surface area contributed by atoms with E-state index in [1.54, 1.807) is 6.92 Å². The molecule has 4 heteroatoms. The summed E-state index contributed by atoms with van der Waals surface area (Å²) >= 11 is 0. The number of carbonyl (C=O) groups excluding carboxylic acids is 2. The average molecular weight is 242 g/mol. The molecule has 0 saturated heterocycles. The molecule has 0 spiro atoms. The van der Waals surface area contributed by atoms with Gasteiger partial charge in [-0.3, -0.25) is 9.59 Å². The summed E-state index contributed by atoms with van der Waals surface area (Å²) in [5.41, 5.74) is -0.651. The van der Waals surface area contributed by atoms with E-state index in [9.17, 15) is 9.59 Å². The summed E-state index contributed by atoms with van der Waals surface area (Å²) in [6.45, 7) is 7.51. The van der Waals surface area contributed by atoms with Crippen molar-refractivity contribution in [2.45, 2.75) is 53.1 Å². The van der Waals surface area contributed by atoms with Gasteiger partial charge in [0, 0.05) is 6.92 Å². The van der Waals surface area contributed by atoms with E-state index in [1.807, 2.05) is 13.8 Å². The Bertz CT molecular complexity index is 298. The summed E-state index contributed by atoms with van der Waals surface area (Å²) in [5.74, 6) is -0.446. The Kier molecular flexibility index (Phi) is 4.54. The minimum absolute atomic E-state index is 0.105. The number of rotatable bonds is 4. The molecule has 0 aliphatic heterocycles. The Balaban J connectivity index is 2.96. The van der Waals surface area contributed by atoms with Crippen LogP contribution in [-0.2, 0) is 19.1 Å². The van der Waals surface area contributed by atoms with E-state index in [2.05, 4.69) is 0 Å². The van der Waals surface area contributed by atoms with Gasteiger partial charge in [0.2, 0.25) is 0 Å². The van der Waals surface area contributed by atoms with Crippen molar-refractivity contribution in [3.8, 4) is 0 Å². The molecular weight excluding hydrogens is 220 g/mol. The van der Waals surface area contributed by atoms with Gasteiger partial charge in [-0.25, -0.2) is 0 Å². The molecule has 0 amide bonds. The van der Waals surface area contributed by atoms with Crippen LogP contribution in [0.1, 0.15) is 47.0 Å². The van der Waals surface area contributed by atoms with Gasteiger partial charge in [-0.2, -0.15) is 0 Å². The van der Waals surface area contributed by atoms with Crippen LogP contribution in [0, 0.1) is 11.3 Å². The number of hydrogen-bond acceptors (Lipinski definition) is 4. The standard InChI is InChI=1S/C13H22O4/c1-5-16-12(15)13(9(2)3)8-6-7-11(13)17-10(4)14/h9,11H,5-8H2,1-4H3. The Hall–Kier alpha value is -1.06. The van der Waals surface area contributed by atoms with Gasteiger partial charge in [0.1, 0.15) is 11.5 Å². The summed E-state index contributed by atoms with van der Waals surface area (Å²) in [7, 11) is 0. The first-order valence-corrected chi connectivity index (χ1v) is 6.29. The monoisotopic (exact) mass is 242 g/mol. The fourth-order valence-corrected chi connectivity index (χ4v) is 2.76. The third-order valence-electron chi connectivity index (χ3n) is 3.63. The molecular formula is C13H22O4. The molecule has 0 aromatic carbocycles. The molecule has 1 saturated carbocycles. The number of esters is 2. The van der Waals surface area contributed by atoms with E-state index in [-0.39, 0.29) is 24.0 Å². The zero-order valence-electron chi connectivity index (χ0n) is 11.1. The maximum atomic E-state index is 12.2. The minimum Gasteiger partial charge on any atom is -0.465 e. The fourth-order valence-electron chi connectivity index (χ4n) is 2.76. The number of carbonyl (C=O) groups is 2. The van der Waals surface area contributed by atoms with E-state index in [4.69, 9.17) is 9.47 Å². The molecule has 0 radical (unpaired) electrons. The van der Waals surface area contributed by atoms with E-state index in [1.165, 1.54) is 6.92 Å². The van der Waals surface area contributed by atoms with Gasteiger partial charge in [0.15, 0.2) is 0 Å². The van der Waals surface area contributed by atoms with Gasteiger partial charge in [-0.1, -0.05) is 13.8 Å². The Morgan fingerprint density at radius 2 is 2.06 bits per heavy atom. The van der Waals surface area contributed by atoms with Crippen LogP contribution in [0.5, 0.6) is 0 Å². The second-order valence-corrected chi connectivity index (χ2v) is 4.91. The van der Waals surface area contributed by atoms with Gasteiger partial charge < -0.3 is 9.47 Å². The number of hydrogen-bond donors (Lipinski definition) is 0. The smallest absolute Gasteiger partial charge is 0.316 e. The summed E-state index contributed by atoms with van der Waals surface area (Å²) < 4.78 is 10.5. The third-order valence-corrected chi connectivity index (χ3v) is 3.63. The molecule has 1 aliphatic rings. The molecule has 1 aliphatic carbocycles. The molecule has 0 N–H and O–H groups in total. The average Bonchev–Trinajstić information content (AvgIpc) is 2.61. The van der Waals surface area contributed by atoms with Crippen LogP contribution >= 0.6 is 0 Å². The van der Waals surface area contributed by atoms with Crippen molar-refractivity contribution < 1.29 is 19.1 Å². The van der Waals surface area contributed by atoms with Crippen LogP contribution in [0.2, 0.25) is 0 Å². The topological polar surface area (TPSA) is 52.6 Å². The summed E-state index contributed by atoms with van der Waals surface area (Å²) in [6, 6.07) is 0. The molecule has 4 nitrogen and oxygen atoms in total. The first kappa shape index (κ1) is 14.0. The van der Waals surface area contributed by atoms with Crippen LogP contribution in [-0.4, -0.2) is 24.6 Å². The SMILES string of the molecule is CCOC(=O)C1(C(C)C)CCCC1OC(C)=O. The zero-order chi connectivity index (χ0) is 13.1. The molecule has 0 aromatic heterocycles. The van der Waals surface area contributed by atoms with Crippen LogP contribution in [0.4, 0.5) is 0 Å². The minimum atomic E-state index is -0.651. The van der Waals surface area contributed by atoms with E-state index >= 15 is 0 Å². The number of ether oxygens (including phenoxy) is 2. The lowest BCUT2D eigenvalue weighted by Crippen LogP contribution is -2.46. The van der Waals surface area contributed by atoms with E-state index in [0.29, 0.717) is 6.61 Å². The zero-order valence-corrected chi connectivity index (χ0v) is 11.1. The molecule has 1 fully saturated rings. The van der Waals surface area contributed by atoms with Crippen molar-refractivity contribution in [1.29, 1.82) is 0 Å². The van der Waals surface area contributed by atoms with Gasteiger partial charge in [-0.15, -0.1) is 0 Å². The quantitative estimate of drug-likeness (QED) is 0.710. The summed E-state index contributed by atoms with van der Waals surface area (Å²) in [4.78, 5) is 23.3. The second kappa shape index (κ2) is 5.52. The fraction of sp³-hybridized carbons (Fsp3) is 0.846. The van der Waals surface area contributed by atoms with Gasteiger partial charge in [0.25, 0.3) is 0 Å². The molecule has 98 valence electrons. The molecule has 0 aromatic rings. The second-order valence-electron chi connectivity index (χ2n) is 4.91. The highest BCUT2D eigenvalue weighted by atomic mass is 16.6. The van der Waals surface area contributed by atoms with Crippen molar-refractivity contribution >= 4 is 11.9 Å². The van der Waals surface area contributed by atoms with Gasteiger partial charge >= 0.3 is 11.9 Å². The summed E-state index contributed by atoms with van der Waals surface area (Å²) in [5, 5.41) is 0. The van der Waals surface area contributed by atoms with E-state index < -0.39 is 5.41 Å². The molecule has 2 atom stereocenters. The lowest BCUT2D eigenvalue weighted by atomic mass is 9.74. The van der Waals surface area contributed by atoms with Gasteiger partial charge in [-0.05, 0) is 32.1 Å². The first-order valence-electron chi connectivity index (χ1n) is 6.29. The normalized spacial score (nSPS) is 28.2. The summed E-state index contributed by atoms with van der Waals surface area (Å²) in [6.07, 6.45) is 2.05. The maximum absolute atomic E-state index is 12.2. The third kappa shape index (κ3) is 2.61. The predicted octanol–water partition coefficient (Wildman–Crippen LogP) is 2.31. The molecule has 0 heterocycles. The lowest BCUT2D eigenvalue weighted by Gasteiger charge is -2.35. The van der Waals surface area contributed by atoms with Gasteiger partial charge in [0.05, 0.1) is 6.61 Å². The highest BCUT2D eigenvalue weighted by Gasteiger charge is 2.54. The van der Waals surface area contributed by atoms with Crippen LogP contribution in [0.25, 0.3) is 0 Å². The molecule has 0 bridgehead atoms. The Labute approximate surface area is 103 Å². The van der Waals surface area contributed by atoms with Crippen molar-refractivity contribution in [2.75, 3.05) is 6.61 Å². The van der Waals surface area contributed by atoms with Crippen LogP contribution < -0.4 is 0 Å². The Morgan fingerprint density at radius 3 is 2.53 bits per heavy atom. The molecule has 1 rings (SSSR count). The lowest BCUT2D eigenvalue weighted by molar-refractivity contribution is -0.173. The predicted molar refractivity (Wildman–Crippen MR) is 63.3 cm³/mol. The molecule has 17 heavy (non-hydrogen) atoms. The Morgan fingerprint density at radius 1 is 1.41 bits per heavy atom. The van der Waals surface area contributed by atoms with Crippen molar-refractivity contribution in [2.24, 2.45) is 11.3 Å². The first-order chi connectivity index (χ1) is 7.95. The highest BCUT2D eigenvalue weighted by molar-refractivity contribution is 5.79. The van der Waals surface area contributed by atoms with Crippen molar-refractivity contribution in [1.82, 2.24) is 0 Å². The highest BCUT2D eigenvalue weighted by Crippen LogP contribution is 2.47. The van der Waals surface area contributed by atoms with Crippen LogP contribution in [0.15, 0.2) is 0 Å². The van der Waals surface area contributed by atoms with Crippen LogP contribution in [0.3, 0.4) is 0 Å². The molecule has 2 unspecified atom stereocenters. The van der Waals surface area contributed by atoms with E-state index in [0.717, 1.165) is 19.3 Å². The van der Waals surface area contributed by atoms with Crippen molar-refractivity contribution in [3.63, 3.8) is 0 Å². The maximum Gasteiger partial charge on any atom is 0.316 e. The largest absolute Gasteiger partial charge is 0.465 e. The van der Waals surface area contributed by atoms with Crippen molar-refractivity contribution in [3.05, 3.63) is 0 Å².